The third-order valence-electron chi connectivity index (χ3n) is 3.95. The predicted molar refractivity (Wildman–Crippen MR) is 116 cm³/mol. The highest BCUT2D eigenvalue weighted by molar-refractivity contribution is 7.12. The van der Waals surface area contributed by atoms with Gasteiger partial charge in [0, 0.05) is 23.3 Å². The highest BCUT2D eigenvalue weighted by Crippen LogP contribution is 2.28. The molecule has 148 valence electrons. The van der Waals surface area contributed by atoms with Gasteiger partial charge in [0.15, 0.2) is 0 Å². The van der Waals surface area contributed by atoms with Crippen LogP contribution in [0.2, 0.25) is 5.02 Å². The minimum atomic E-state index is -0.544. The summed E-state index contributed by atoms with van der Waals surface area (Å²) in [7, 11) is 0. The second-order valence-electron chi connectivity index (χ2n) is 6.02. The fraction of sp³-hybridized carbons (Fsp3) is 0.0952. The lowest BCUT2D eigenvalue weighted by molar-refractivity contribution is -0.384. The summed E-state index contributed by atoms with van der Waals surface area (Å²) in [6.45, 7) is 2.27. The Morgan fingerprint density at radius 2 is 2.07 bits per heavy atom. The Bertz CT molecular complexity index is 1080. The average molecular weight is 429 g/mol. The monoisotopic (exact) mass is 428 g/mol. The van der Waals surface area contributed by atoms with E-state index in [2.05, 4.69) is 5.32 Å². The van der Waals surface area contributed by atoms with Gasteiger partial charge in [-0.2, -0.15) is 0 Å². The van der Waals surface area contributed by atoms with Crippen LogP contribution in [0.25, 0.3) is 6.08 Å². The minimum Gasteiger partial charge on any atom is -0.488 e. The summed E-state index contributed by atoms with van der Waals surface area (Å²) < 4.78 is 5.88. The lowest BCUT2D eigenvalue weighted by Gasteiger charge is -2.08. The van der Waals surface area contributed by atoms with Gasteiger partial charge in [0.1, 0.15) is 12.4 Å². The van der Waals surface area contributed by atoms with E-state index < -0.39 is 4.92 Å². The first-order valence-corrected chi connectivity index (χ1v) is 9.91. The van der Waals surface area contributed by atoms with Crippen LogP contribution in [0.15, 0.2) is 60.0 Å². The molecule has 0 spiro atoms. The van der Waals surface area contributed by atoms with Gasteiger partial charge in [-0.1, -0.05) is 42.0 Å². The molecule has 3 rings (SSSR count). The fourth-order valence-corrected chi connectivity index (χ4v) is 3.58. The van der Waals surface area contributed by atoms with Crippen molar-refractivity contribution in [1.29, 1.82) is 0 Å². The van der Waals surface area contributed by atoms with Gasteiger partial charge >= 0.3 is 0 Å². The van der Waals surface area contributed by atoms with Gasteiger partial charge in [-0.05, 0) is 30.5 Å². The van der Waals surface area contributed by atoms with Gasteiger partial charge in [0.2, 0.25) is 0 Å². The standard InChI is InChI=1S/C21H17ClN2O4S/c1-2-5-15-6-3-4-7-19(15)28-12-14-10-20(29-13-14)21(25)23-18-9-8-16(24(26)27)11-17(18)22/h2-11,13H,12H2,1H3,(H,23,25)/b5-2+. The molecule has 0 atom stereocenters. The van der Waals surface area contributed by atoms with Crippen molar-refractivity contribution < 1.29 is 14.5 Å². The molecule has 6 nitrogen and oxygen atoms in total. The van der Waals surface area contributed by atoms with E-state index in [1.807, 2.05) is 48.7 Å². The Hall–Kier alpha value is -3.16. The van der Waals surface area contributed by atoms with Crippen LogP contribution < -0.4 is 10.1 Å². The summed E-state index contributed by atoms with van der Waals surface area (Å²) in [5, 5.41) is 15.4. The number of anilines is 1. The number of thiophene rings is 1. The van der Waals surface area contributed by atoms with E-state index in [0.717, 1.165) is 16.9 Å². The number of allylic oxidation sites excluding steroid dienone is 1. The Morgan fingerprint density at radius 1 is 1.28 bits per heavy atom. The van der Waals surface area contributed by atoms with Crippen LogP contribution in [-0.4, -0.2) is 10.8 Å². The number of carbonyl (C=O) groups is 1. The van der Waals surface area contributed by atoms with Gasteiger partial charge in [-0.25, -0.2) is 0 Å². The molecule has 1 heterocycles. The molecule has 0 bridgehead atoms. The number of para-hydroxylation sites is 1. The Labute approximate surface area is 176 Å². The van der Waals surface area contributed by atoms with E-state index in [4.69, 9.17) is 16.3 Å². The number of ether oxygens (including phenoxy) is 1. The van der Waals surface area contributed by atoms with Gasteiger partial charge in [0.05, 0.1) is 20.5 Å². The number of nitro groups is 1. The van der Waals surface area contributed by atoms with Gasteiger partial charge in [0.25, 0.3) is 11.6 Å². The van der Waals surface area contributed by atoms with Gasteiger partial charge < -0.3 is 10.1 Å². The first-order chi connectivity index (χ1) is 14.0. The van der Waals surface area contributed by atoms with Crippen LogP contribution in [0.1, 0.15) is 27.7 Å². The smallest absolute Gasteiger partial charge is 0.271 e. The maximum atomic E-state index is 12.5. The molecule has 0 aliphatic heterocycles. The number of hydrogen-bond donors (Lipinski definition) is 1. The van der Waals surface area contributed by atoms with E-state index in [1.54, 1.807) is 6.07 Å². The van der Waals surface area contributed by atoms with Crippen LogP contribution in [0, 0.1) is 10.1 Å². The lowest BCUT2D eigenvalue weighted by atomic mass is 10.2. The zero-order valence-electron chi connectivity index (χ0n) is 15.4. The summed E-state index contributed by atoms with van der Waals surface area (Å²) in [6, 6.07) is 13.4. The number of rotatable bonds is 7. The largest absolute Gasteiger partial charge is 0.488 e. The zero-order valence-corrected chi connectivity index (χ0v) is 17.0. The molecule has 0 saturated heterocycles. The fourth-order valence-electron chi connectivity index (χ4n) is 2.56. The van der Waals surface area contributed by atoms with E-state index in [9.17, 15) is 14.9 Å². The Balaban J connectivity index is 1.65. The molecule has 1 amide bonds. The van der Waals surface area contributed by atoms with Crippen molar-refractivity contribution in [2.24, 2.45) is 0 Å². The topological polar surface area (TPSA) is 81.5 Å². The molecule has 0 unspecified atom stereocenters. The first-order valence-electron chi connectivity index (χ1n) is 8.65. The zero-order chi connectivity index (χ0) is 20.8. The molecular formula is C21H17ClN2O4S. The lowest BCUT2D eigenvalue weighted by Crippen LogP contribution is -2.10. The number of nitrogens with one attached hydrogen (secondary N) is 1. The van der Waals surface area contributed by atoms with E-state index >= 15 is 0 Å². The van der Waals surface area contributed by atoms with Crippen LogP contribution in [0.5, 0.6) is 5.75 Å². The average Bonchev–Trinajstić information content (AvgIpc) is 3.18. The van der Waals surface area contributed by atoms with Crippen LogP contribution in [-0.2, 0) is 6.61 Å². The molecule has 8 heteroatoms. The summed E-state index contributed by atoms with van der Waals surface area (Å²) in [5.74, 6) is 0.423. The van der Waals surface area contributed by atoms with Gasteiger partial charge in [-0.3, -0.25) is 14.9 Å². The molecule has 0 aliphatic carbocycles. The molecule has 2 aromatic carbocycles. The highest BCUT2D eigenvalue weighted by Gasteiger charge is 2.14. The maximum Gasteiger partial charge on any atom is 0.271 e. The number of nitro benzene ring substituents is 1. The maximum absolute atomic E-state index is 12.5. The summed E-state index contributed by atoms with van der Waals surface area (Å²) in [6.07, 6.45) is 3.91. The van der Waals surface area contributed by atoms with Crippen molar-refractivity contribution >= 4 is 46.3 Å². The molecule has 29 heavy (non-hydrogen) atoms. The number of amides is 1. The van der Waals surface area contributed by atoms with Crippen LogP contribution in [0.4, 0.5) is 11.4 Å². The normalized spacial score (nSPS) is 10.8. The summed E-state index contributed by atoms with van der Waals surface area (Å²) >= 11 is 7.31. The van der Waals surface area contributed by atoms with Crippen molar-refractivity contribution in [3.05, 3.63) is 91.1 Å². The number of benzene rings is 2. The van der Waals surface area contributed by atoms with Crippen molar-refractivity contribution in [2.75, 3.05) is 5.32 Å². The Morgan fingerprint density at radius 3 is 2.79 bits per heavy atom. The van der Waals surface area contributed by atoms with Crippen LogP contribution in [0.3, 0.4) is 0 Å². The van der Waals surface area contributed by atoms with E-state index in [-0.39, 0.29) is 16.6 Å². The SMILES string of the molecule is C/C=C/c1ccccc1OCc1csc(C(=O)Nc2ccc([N+](=O)[O-])cc2Cl)c1. The number of halogens is 1. The number of hydrogen-bond acceptors (Lipinski definition) is 5. The van der Waals surface area contributed by atoms with E-state index in [1.165, 1.54) is 29.5 Å². The quantitative estimate of drug-likeness (QED) is 0.360. The number of carbonyl (C=O) groups excluding carboxylic acids is 1. The molecule has 0 radical (unpaired) electrons. The highest BCUT2D eigenvalue weighted by atomic mass is 35.5. The molecule has 1 N–H and O–H groups in total. The Kier molecular flexibility index (Phi) is 6.64. The summed E-state index contributed by atoms with van der Waals surface area (Å²) in [4.78, 5) is 23.2. The minimum absolute atomic E-state index is 0.105. The third kappa shape index (κ3) is 5.22. The van der Waals surface area contributed by atoms with E-state index in [0.29, 0.717) is 17.2 Å². The molecule has 0 fully saturated rings. The molecule has 0 aliphatic rings. The predicted octanol–water partition coefficient (Wildman–Crippen LogP) is 6.17. The first kappa shape index (κ1) is 20.6. The molecular weight excluding hydrogens is 412 g/mol. The second kappa shape index (κ2) is 9.36. The number of non-ortho nitro benzene ring substituents is 1. The van der Waals surface area contributed by atoms with Crippen molar-refractivity contribution in [3.63, 3.8) is 0 Å². The second-order valence-corrected chi connectivity index (χ2v) is 7.34. The third-order valence-corrected chi connectivity index (χ3v) is 5.24. The number of nitrogens with zero attached hydrogens (tertiary/aromatic N) is 1. The van der Waals surface area contributed by atoms with Crippen LogP contribution >= 0.6 is 22.9 Å². The molecule has 0 saturated carbocycles. The van der Waals surface area contributed by atoms with Crippen molar-refractivity contribution in [2.45, 2.75) is 13.5 Å². The molecule has 1 aromatic heterocycles. The van der Waals surface area contributed by atoms with Gasteiger partial charge in [-0.15, -0.1) is 11.3 Å². The van der Waals surface area contributed by atoms with Crippen molar-refractivity contribution in [1.82, 2.24) is 0 Å². The molecule has 3 aromatic rings. The summed E-state index contributed by atoms with van der Waals surface area (Å²) in [5.41, 5.74) is 2.02. The van der Waals surface area contributed by atoms with Crippen molar-refractivity contribution in [3.8, 4) is 5.75 Å².